The smallest absolute Gasteiger partial charge is 0.339 e. The molecule has 0 aromatic heterocycles. The Morgan fingerprint density at radius 2 is 1.87 bits per heavy atom. The van der Waals surface area contributed by atoms with Crippen molar-refractivity contribution in [3.63, 3.8) is 0 Å². The molecule has 3 aliphatic heterocycles. The lowest BCUT2D eigenvalue weighted by Gasteiger charge is -2.39. The number of esters is 2. The molecule has 1 saturated heterocycles. The van der Waals surface area contributed by atoms with Gasteiger partial charge >= 0.3 is 11.9 Å². The van der Waals surface area contributed by atoms with Crippen LogP contribution in [0, 0.1) is 0 Å². The molecule has 2 N–H and O–H groups in total. The van der Waals surface area contributed by atoms with Crippen LogP contribution in [0.25, 0.3) is 0 Å². The Bertz CT molecular complexity index is 1140. The maximum absolute atomic E-state index is 13.7. The maximum atomic E-state index is 13.7. The highest BCUT2D eigenvalue weighted by atomic mass is 16.7. The second-order valence-electron chi connectivity index (χ2n) is 11.4. The molecule has 1 spiro atoms. The average Bonchev–Trinajstić information content (AvgIpc) is 3.56. The number of hydrogen-bond donors (Lipinski definition) is 2. The van der Waals surface area contributed by atoms with Crippen LogP contribution in [0.2, 0.25) is 0 Å². The fourth-order valence-electron chi connectivity index (χ4n) is 6.41. The van der Waals surface area contributed by atoms with Crippen LogP contribution in [0.1, 0.15) is 63.0 Å². The number of hydrogen-bond acceptors (Lipinski definition) is 10. The Morgan fingerprint density at radius 3 is 2.55 bits per heavy atom. The normalized spacial score (nSPS) is 27.4. The fraction of sp³-hybridized carbons (Fsp3) is 0.643. The van der Waals surface area contributed by atoms with E-state index in [9.17, 15) is 19.8 Å². The van der Waals surface area contributed by atoms with Crippen molar-refractivity contribution in [2.75, 3.05) is 34.1 Å². The van der Waals surface area contributed by atoms with Crippen molar-refractivity contribution < 1.29 is 43.5 Å². The minimum absolute atomic E-state index is 0.0701. The highest BCUT2D eigenvalue weighted by molar-refractivity contribution is 5.86. The van der Waals surface area contributed by atoms with E-state index in [2.05, 4.69) is 11.0 Å². The molecule has 1 aliphatic carbocycles. The van der Waals surface area contributed by atoms with Crippen molar-refractivity contribution in [3.8, 4) is 11.5 Å². The highest BCUT2D eigenvalue weighted by Gasteiger charge is 2.59. The molecule has 208 valence electrons. The number of carbonyl (C=O) groups excluding carboxylic acids is 2. The first-order valence-corrected chi connectivity index (χ1v) is 13.2. The molecule has 1 aromatic rings. The zero-order valence-electron chi connectivity index (χ0n) is 22.5. The SMILES string of the molecule is COC(=O)C[C@@](O)(CCC(C)(C)O)C(=O)O[C@H]1C(OC)=C[C@@]23CCCN2CCc2cc4c(cc2[C@H]13)OCO4. The third-order valence-corrected chi connectivity index (χ3v) is 8.39. The fourth-order valence-corrected chi connectivity index (χ4v) is 6.41. The van der Waals surface area contributed by atoms with E-state index in [1.807, 2.05) is 12.1 Å². The van der Waals surface area contributed by atoms with Crippen LogP contribution >= 0.6 is 0 Å². The monoisotopic (exact) mass is 531 g/mol. The van der Waals surface area contributed by atoms with E-state index in [0.717, 1.165) is 43.5 Å². The summed E-state index contributed by atoms with van der Waals surface area (Å²) in [6.07, 6.45) is 3.18. The number of fused-ring (bicyclic) bond motifs is 3. The van der Waals surface area contributed by atoms with Crippen molar-refractivity contribution in [1.82, 2.24) is 4.90 Å². The average molecular weight is 532 g/mol. The van der Waals surface area contributed by atoms with Gasteiger partial charge in [0.05, 0.1) is 37.7 Å². The van der Waals surface area contributed by atoms with E-state index in [1.54, 1.807) is 21.0 Å². The van der Waals surface area contributed by atoms with Gasteiger partial charge in [-0.3, -0.25) is 9.69 Å². The Labute approximate surface area is 222 Å². The van der Waals surface area contributed by atoms with E-state index in [4.69, 9.17) is 23.7 Å². The summed E-state index contributed by atoms with van der Waals surface area (Å²) in [4.78, 5) is 28.3. The first kappa shape index (κ1) is 26.8. The summed E-state index contributed by atoms with van der Waals surface area (Å²) in [5, 5.41) is 21.7. The molecule has 1 fully saturated rings. The number of nitrogens with zero attached hydrogens (tertiary/aromatic N) is 1. The molecule has 38 heavy (non-hydrogen) atoms. The summed E-state index contributed by atoms with van der Waals surface area (Å²) in [7, 11) is 2.74. The minimum atomic E-state index is -2.18. The van der Waals surface area contributed by atoms with Gasteiger partial charge in [-0.15, -0.1) is 0 Å². The molecular weight excluding hydrogens is 494 g/mol. The van der Waals surface area contributed by atoms with Gasteiger partial charge in [0.1, 0.15) is 5.76 Å². The van der Waals surface area contributed by atoms with Gasteiger partial charge in [-0.2, -0.15) is 0 Å². The van der Waals surface area contributed by atoms with E-state index in [-0.39, 0.29) is 25.6 Å². The van der Waals surface area contributed by atoms with Gasteiger partial charge < -0.3 is 33.9 Å². The molecule has 0 amide bonds. The molecule has 4 atom stereocenters. The number of aliphatic hydroxyl groups is 2. The number of methoxy groups -OCH3 is 2. The van der Waals surface area contributed by atoms with Crippen LogP contribution in [0.3, 0.4) is 0 Å². The predicted octanol–water partition coefficient (Wildman–Crippen LogP) is 2.19. The minimum Gasteiger partial charge on any atom is -0.497 e. The molecular formula is C28H37NO9. The predicted molar refractivity (Wildman–Crippen MR) is 135 cm³/mol. The Balaban J connectivity index is 1.53. The lowest BCUT2D eigenvalue weighted by Crippen LogP contribution is -2.49. The van der Waals surface area contributed by atoms with Crippen molar-refractivity contribution in [2.45, 2.75) is 81.1 Å². The van der Waals surface area contributed by atoms with Gasteiger partial charge in [0.15, 0.2) is 23.2 Å². The molecule has 10 heteroatoms. The first-order chi connectivity index (χ1) is 18.0. The third-order valence-electron chi connectivity index (χ3n) is 8.39. The van der Waals surface area contributed by atoms with E-state index >= 15 is 0 Å². The van der Waals surface area contributed by atoms with E-state index < -0.39 is 41.2 Å². The zero-order chi connectivity index (χ0) is 27.3. The molecule has 5 rings (SSSR count). The Morgan fingerprint density at radius 1 is 1.13 bits per heavy atom. The first-order valence-electron chi connectivity index (χ1n) is 13.2. The third kappa shape index (κ3) is 4.63. The largest absolute Gasteiger partial charge is 0.497 e. The van der Waals surface area contributed by atoms with Crippen LogP contribution in [0.4, 0.5) is 0 Å². The zero-order valence-corrected chi connectivity index (χ0v) is 22.5. The van der Waals surface area contributed by atoms with Crippen LogP contribution in [-0.4, -0.2) is 84.0 Å². The summed E-state index contributed by atoms with van der Waals surface area (Å²) >= 11 is 0. The van der Waals surface area contributed by atoms with E-state index in [0.29, 0.717) is 17.3 Å². The lowest BCUT2D eigenvalue weighted by atomic mass is 9.77. The summed E-state index contributed by atoms with van der Waals surface area (Å²) in [6.45, 7) is 5.04. The molecule has 1 aromatic carbocycles. The quantitative estimate of drug-likeness (QED) is 0.483. The van der Waals surface area contributed by atoms with E-state index in [1.165, 1.54) is 7.11 Å². The number of rotatable bonds is 8. The molecule has 10 nitrogen and oxygen atoms in total. The van der Waals surface area contributed by atoms with Crippen molar-refractivity contribution in [3.05, 3.63) is 35.1 Å². The van der Waals surface area contributed by atoms with Gasteiger partial charge in [-0.1, -0.05) is 0 Å². The second-order valence-corrected chi connectivity index (χ2v) is 11.4. The summed E-state index contributed by atoms with van der Waals surface area (Å²) < 4.78 is 28.0. The molecule has 0 saturated carbocycles. The number of carbonyl (C=O) groups is 2. The van der Waals surface area contributed by atoms with Crippen molar-refractivity contribution in [1.29, 1.82) is 0 Å². The maximum Gasteiger partial charge on any atom is 0.339 e. The molecule has 0 unspecified atom stereocenters. The Hall–Kier alpha value is -2.82. The number of ether oxygens (including phenoxy) is 5. The molecule has 0 radical (unpaired) electrons. The van der Waals surface area contributed by atoms with Crippen molar-refractivity contribution in [2.24, 2.45) is 0 Å². The van der Waals surface area contributed by atoms with Crippen LogP contribution in [0.5, 0.6) is 11.5 Å². The van der Waals surface area contributed by atoms with Crippen LogP contribution < -0.4 is 9.47 Å². The standard InChI is InChI=1S/C28H37NO9/c1-26(2,32)8-9-28(33,15-22(30)35-4)25(31)38-24-21(34-3)14-27-7-5-10-29(27)11-6-17-12-19-20(37-16-36-19)13-18(17)23(24)27/h12-14,23-24,32-33H,5-11,15-16H2,1-4H3/t23-,24+,27-,28+/m1/s1. The summed E-state index contributed by atoms with van der Waals surface area (Å²) in [5.41, 5.74) is -1.69. The second kappa shape index (κ2) is 9.73. The van der Waals surface area contributed by atoms with Gasteiger partial charge in [0.25, 0.3) is 0 Å². The van der Waals surface area contributed by atoms with Gasteiger partial charge in [-0.05, 0) is 81.8 Å². The highest BCUT2D eigenvalue weighted by Crippen LogP contribution is 2.55. The molecule has 4 aliphatic rings. The van der Waals surface area contributed by atoms with Crippen LogP contribution in [-0.2, 0) is 30.2 Å². The van der Waals surface area contributed by atoms with Crippen molar-refractivity contribution >= 4 is 11.9 Å². The topological polar surface area (TPSA) is 124 Å². The molecule has 0 bridgehead atoms. The van der Waals surface area contributed by atoms with Gasteiger partial charge in [-0.25, -0.2) is 4.79 Å². The number of benzene rings is 1. The van der Waals surface area contributed by atoms with Gasteiger partial charge in [0, 0.05) is 6.54 Å². The Kier molecular flexibility index (Phi) is 6.86. The summed E-state index contributed by atoms with van der Waals surface area (Å²) in [5.74, 6) is -0.163. The lowest BCUT2D eigenvalue weighted by molar-refractivity contribution is -0.179. The van der Waals surface area contributed by atoms with Crippen LogP contribution in [0.15, 0.2) is 24.0 Å². The van der Waals surface area contributed by atoms with Gasteiger partial charge in [0.2, 0.25) is 6.79 Å². The summed E-state index contributed by atoms with van der Waals surface area (Å²) in [6, 6.07) is 3.99. The molecule has 3 heterocycles.